The van der Waals surface area contributed by atoms with Crippen LogP contribution in [0.4, 0.5) is 0 Å². The molecule has 0 aliphatic heterocycles. The molecule has 1 amide bonds. The molecule has 0 heterocycles. The van der Waals surface area contributed by atoms with E-state index in [1.807, 2.05) is 0 Å². The Morgan fingerprint density at radius 2 is 1.90 bits per heavy atom. The van der Waals surface area contributed by atoms with E-state index < -0.39 is 0 Å². The Bertz CT molecular complexity index is 435. The van der Waals surface area contributed by atoms with Gasteiger partial charge in [-0.1, -0.05) is 49.1 Å². The van der Waals surface area contributed by atoms with Crippen LogP contribution >= 0.6 is 0 Å². The largest absolute Gasteiger partial charge is 0.352 e. The third kappa shape index (κ3) is 5.16. The highest BCUT2D eigenvalue weighted by molar-refractivity contribution is 5.76. The van der Waals surface area contributed by atoms with Crippen LogP contribution in [0.25, 0.3) is 0 Å². The van der Waals surface area contributed by atoms with E-state index in [4.69, 9.17) is 5.73 Å². The first kappa shape index (κ1) is 16.0. The van der Waals surface area contributed by atoms with Crippen molar-refractivity contribution in [3.63, 3.8) is 0 Å². The number of carbonyl (C=O) groups is 1. The zero-order valence-corrected chi connectivity index (χ0v) is 13.1. The van der Waals surface area contributed by atoms with Gasteiger partial charge in [0.1, 0.15) is 0 Å². The monoisotopic (exact) mass is 288 g/mol. The number of aryl methyl sites for hydroxylation is 2. The van der Waals surface area contributed by atoms with Crippen molar-refractivity contribution in [3.05, 3.63) is 35.4 Å². The van der Waals surface area contributed by atoms with Gasteiger partial charge in [0.25, 0.3) is 0 Å². The quantitative estimate of drug-likeness (QED) is 0.845. The number of carbonyl (C=O) groups excluding carboxylic acids is 1. The fraction of sp³-hybridized carbons (Fsp3) is 0.611. The summed E-state index contributed by atoms with van der Waals surface area (Å²) in [5, 5.41) is 3.15. The molecular weight excluding hydrogens is 260 g/mol. The number of amides is 1. The molecule has 1 aromatic carbocycles. The summed E-state index contributed by atoms with van der Waals surface area (Å²) in [6.07, 6.45) is 7.65. The first-order chi connectivity index (χ1) is 10.2. The smallest absolute Gasteiger partial charge is 0.220 e. The van der Waals surface area contributed by atoms with Crippen LogP contribution in [0.5, 0.6) is 0 Å². The molecule has 1 atom stereocenters. The fourth-order valence-corrected chi connectivity index (χ4v) is 3.20. The van der Waals surface area contributed by atoms with Crippen molar-refractivity contribution < 1.29 is 4.79 Å². The van der Waals surface area contributed by atoms with Crippen molar-refractivity contribution in [2.24, 2.45) is 11.7 Å². The number of hydrogen-bond donors (Lipinski definition) is 2. The van der Waals surface area contributed by atoms with Crippen molar-refractivity contribution in [1.29, 1.82) is 0 Å². The lowest BCUT2D eigenvalue weighted by molar-refractivity contribution is -0.122. The highest BCUT2D eigenvalue weighted by Crippen LogP contribution is 2.26. The average molecular weight is 288 g/mol. The van der Waals surface area contributed by atoms with Gasteiger partial charge in [0.2, 0.25) is 5.91 Å². The third-order valence-corrected chi connectivity index (χ3v) is 4.58. The Labute approximate surface area is 128 Å². The van der Waals surface area contributed by atoms with Gasteiger partial charge in [-0.05, 0) is 37.7 Å². The minimum atomic E-state index is 0.136. The summed E-state index contributed by atoms with van der Waals surface area (Å²) in [5.41, 5.74) is 8.33. The van der Waals surface area contributed by atoms with Gasteiger partial charge >= 0.3 is 0 Å². The fourth-order valence-electron chi connectivity index (χ4n) is 3.20. The normalized spacial score (nSPS) is 17.4. The Balaban J connectivity index is 1.78. The summed E-state index contributed by atoms with van der Waals surface area (Å²) >= 11 is 0. The molecule has 1 aliphatic carbocycles. The van der Waals surface area contributed by atoms with Gasteiger partial charge in [0, 0.05) is 19.0 Å². The predicted octanol–water partition coefficient (Wildman–Crippen LogP) is 2.95. The van der Waals surface area contributed by atoms with Crippen LogP contribution in [-0.4, -0.2) is 18.5 Å². The molecule has 21 heavy (non-hydrogen) atoms. The second-order valence-corrected chi connectivity index (χ2v) is 6.29. The molecular formula is C18H28N2O. The number of hydrogen-bond acceptors (Lipinski definition) is 2. The molecule has 0 saturated heterocycles. The summed E-state index contributed by atoms with van der Waals surface area (Å²) < 4.78 is 0. The highest BCUT2D eigenvalue weighted by atomic mass is 16.1. The molecule has 0 spiro atoms. The lowest BCUT2D eigenvalue weighted by atomic mass is 9.84. The van der Waals surface area contributed by atoms with Crippen LogP contribution in [0.3, 0.4) is 0 Å². The molecule has 1 aliphatic rings. The van der Waals surface area contributed by atoms with E-state index in [2.05, 4.69) is 36.5 Å². The lowest BCUT2D eigenvalue weighted by Crippen LogP contribution is -2.45. The first-order valence-corrected chi connectivity index (χ1v) is 8.24. The minimum absolute atomic E-state index is 0.136. The maximum absolute atomic E-state index is 12.1. The van der Waals surface area contributed by atoms with Crippen molar-refractivity contribution >= 4 is 5.91 Å². The van der Waals surface area contributed by atoms with Crippen LogP contribution in [0.2, 0.25) is 0 Å². The van der Waals surface area contributed by atoms with Gasteiger partial charge in [-0.3, -0.25) is 4.79 Å². The second-order valence-electron chi connectivity index (χ2n) is 6.29. The van der Waals surface area contributed by atoms with Crippen LogP contribution in [-0.2, 0) is 11.2 Å². The molecule has 0 aromatic heterocycles. The molecule has 1 aromatic rings. The van der Waals surface area contributed by atoms with Crippen LogP contribution in [0.15, 0.2) is 24.3 Å². The maximum atomic E-state index is 12.1. The third-order valence-electron chi connectivity index (χ3n) is 4.58. The topological polar surface area (TPSA) is 55.1 Å². The predicted molar refractivity (Wildman–Crippen MR) is 87.1 cm³/mol. The Hall–Kier alpha value is -1.35. The van der Waals surface area contributed by atoms with Crippen LogP contribution in [0.1, 0.15) is 49.7 Å². The van der Waals surface area contributed by atoms with Crippen molar-refractivity contribution in [2.45, 2.75) is 57.9 Å². The Morgan fingerprint density at radius 3 is 2.52 bits per heavy atom. The zero-order valence-electron chi connectivity index (χ0n) is 13.1. The van der Waals surface area contributed by atoms with Gasteiger partial charge in [-0.2, -0.15) is 0 Å². The van der Waals surface area contributed by atoms with Crippen LogP contribution in [0, 0.1) is 12.8 Å². The van der Waals surface area contributed by atoms with E-state index in [0.717, 1.165) is 6.42 Å². The Kier molecular flexibility index (Phi) is 6.24. The van der Waals surface area contributed by atoms with Gasteiger partial charge in [-0.25, -0.2) is 0 Å². The van der Waals surface area contributed by atoms with Crippen LogP contribution < -0.4 is 11.1 Å². The van der Waals surface area contributed by atoms with E-state index in [9.17, 15) is 4.79 Å². The summed E-state index contributed by atoms with van der Waals surface area (Å²) in [6, 6.07) is 8.56. The standard InChI is InChI=1S/C18H28N2O/c1-14-7-9-15(10-8-14)11-12-18(21)20-17(13-19)16-5-3-2-4-6-16/h7-10,16-17H,2-6,11-13,19H2,1H3,(H,20,21). The summed E-state index contributed by atoms with van der Waals surface area (Å²) in [6.45, 7) is 2.63. The molecule has 3 heteroatoms. The molecule has 3 nitrogen and oxygen atoms in total. The molecule has 1 saturated carbocycles. The number of rotatable bonds is 6. The number of benzene rings is 1. The average Bonchev–Trinajstić information content (AvgIpc) is 2.53. The first-order valence-electron chi connectivity index (χ1n) is 8.24. The molecule has 1 unspecified atom stereocenters. The minimum Gasteiger partial charge on any atom is -0.352 e. The molecule has 2 rings (SSSR count). The van der Waals surface area contributed by atoms with Crippen molar-refractivity contribution in [3.8, 4) is 0 Å². The van der Waals surface area contributed by atoms with Crippen molar-refractivity contribution in [1.82, 2.24) is 5.32 Å². The van der Waals surface area contributed by atoms with Crippen molar-refractivity contribution in [2.75, 3.05) is 6.54 Å². The number of nitrogens with one attached hydrogen (secondary N) is 1. The molecule has 116 valence electrons. The molecule has 0 bridgehead atoms. The van der Waals surface area contributed by atoms with E-state index >= 15 is 0 Å². The Morgan fingerprint density at radius 1 is 1.24 bits per heavy atom. The maximum Gasteiger partial charge on any atom is 0.220 e. The summed E-state index contributed by atoms with van der Waals surface area (Å²) in [4.78, 5) is 12.1. The zero-order chi connectivity index (χ0) is 15.1. The van der Waals surface area contributed by atoms with Gasteiger partial charge in [-0.15, -0.1) is 0 Å². The van der Waals surface area contributed by atoms with E-state index in [0.29, 0.717) is 18.9 Å². The lowest BCUT2D eigenvalue weighted by Gasteiger charge is -2.30. The summed E-state index contributed by atoms with van der Waals surface area (Å²) in [7, 11) is 0. The van der Waals surface area contributed by atoms with Gasteiger partial charge in [0.15, 0.2) is 0 Å². The van der Waals surface area contributed by atoms with E-state index in [1.165, 1.54) is 43.2 Å². The van der Waals surface area contributed by atoms with Gasteiger partial charge < -0.3 is 11.1 Å². The molecule has 1 fully saturated rings. The van der Waals surface area contributed by atoms with E-state index in [1.54, 1.807) is 0 Å². The van der Waals surface area contributed by atoms with E-state index in [-0.39, 0.29) is 11.9 Å². The molecule has 3 N–H and O–H groups in total. The second kappa shape index (κ2) is 8.18. The summed E-state index contributed by atoms with van der Waals surface area (Å²) in [5.74, 6) is 0.712. The molecule has 0 radical (unpaired) electrons. The number of nitrogens with two attached hydrogens (primary N) is 1. The van der Waals surface area contributed by atoms with Gasteiger partial charge in [0.05, 0.1) is 0 Å². The highest BCUT2D eigenvalue weighted by Gasteiger charge is 2.23. The SMILES string of the molecule is Cc1ccc(CCC(=O)NC(CN)C2CCCCC2)cc1.